The lowest BCUT2D eigenvalue weighted by molar-refractivity contribution is 0.0819. The molecule has 0 saturated heterocycles. The Kier molecular flexibility index (Phi) is 6.35. The van der Waals surface area contributed by atoms with Crippen LogP contribution in [0, 0.1) is 17.7 Å². The van der Waals surface area contributed by atoms with Gasteiger partial charge in [-0.2, -0.15) is 0 Å². The van der Waals surface area contributed by atoms with Gasteiger partial charge in [-0.05, 0) is 32.0 Å². The molecule has 0 atom stereocenters. The number of nitrogens with one attached hydrogen (secondary N) is 1. The predicted molar refractivity (Wildman–Crippen MR) is 78.4 cm³/mol. The topological polar surface area (TPSA) is 58.6 Å². The normalized spacial score (nSPS) is 10.7. The third kappa shape index (κ3) is 5.54. The van der Waals surface area contributed by atoms with Gasteiger partial charge >= 0.3 is 0 Å². The first-order chi connectivity index (χ1) is 9.89. The standard InChI is InChI=1S/C16H20FNO3/c1-16(2,11-21-3)18-15(20)14-10-13(17)8-7-12(14)6-4-5-9-19/h7-8,10,19H,5,9,11H2,1-3H3,(H,18,20). The fraction of sp³-hybridized carbons (Fsp3) is 0.438. The zero-order chi connectivity index (χ0) is 15.9. The maximum Gasteiger partial charge on any atom is 0.253 e. The quantitative estimate of drug-likeness (QED) is 0.813. The van der Waals surface area contributed by atoms with Crippen LogP contribution in [0.1, 0.15) is 36.2 Å². The molecule has 0 unspecified atom stereocenters. The van der Waals surface area contributed by atoms with Gasteiger partial charge in [0.1, 0.15) is 5.82 Å². The van der Waals surface area contributed by atoms with Crippen LogP contribution < -0.4 is 5.32 Å². The molecular formula is C16H20FNO3. The summed E-state index contributed by atoms with van der Waals surface area (Å²) in [5, 5.41) is 11.5. The van der Waals surface area contributed by atoms with E-state index in [2.05, 4.69) is 17.2 Å². The Morgan fingerprint density at radius 3 is 2.81 bits per heavy atom. The van der Waals surface area contributed by atoms with E-state index in [9.17, 15) is 9.18 Å². The predicted octanol–water partition coefficient (Wildman–Crippen LogP) is 1.71. The number of hydrogen-bond donors (Lipinski definition) is 2. The average Bonchev–Trinajstić information content (AvgIpc) is 2.39. The van der Waals surface area contributed by atoms with Gasteiger partial charge in [-0.15, -0.1) is 0 Å². The minimum Gasteiger partial charge on any atom is -0.395 e. The molecule has 0 saturated carbocycles. The fourth-order valence-electron chi connectivity index (χ4n) is 1.80. The molecule has 114 valence electrons. The average molecular weight is 293 g/mol. The van der Waals surface area contributed by atoms with Crippen molar-refractivity contribution in [3.05, 3.63) is 35.1 Å². The molecule has 0 radical (unpaired) electrons. The van der Waals surface area contributed by atoms with Crippen molar-refractivity contribution < 1.29 is 19.0 Å². The van der Waals surface area contributed by atoms with Crippen LogP contribution in [-0.4, -0.2) is 36.9 Å². The molecule has 0 aliphatic rings. The van der Waals surface area contributed by atoms with E-state index in [1.54, 1.807) is 7.11 Å². The third-order valence-electron chi connectivity index (χ3n) is 2.64. The number of rotatable bonds is 5. The van der Waals surface area contributed by atoms with Gasteiger partial charge in [-0.1, -0.05) is 11.8 Å². The van der Waals surface area contributed by atoms with E-state index in [1.165, 1.54) is 12.1 Å². The molecule has 0 spiro atoms. The molecule has 1 aromatic carbocycles. The van der Waals surface area contributed by atoms with Crippen molar-refractivity contribution >= 4 is 5.91 Å². The van der Waals surface area contributed by atoms with Crippen LogP contribution in [0.2, 0.25) is 0 Å². The highest BCUT2D eigenvalue weighted by Crippen LogP contribution is 2.13. The SMILES string of the molecule is COCC(C)(C)NC(=O)c1cc(F)ccc1C#CCCO. The Labute approximate surface area is 124 Å². The van der Waals surface area contributed by atoms with E-state index >= 15 is 0 Å². The number of carbonyl (C=O) groups excluding carboxylic acids is 1. The van der Waals surface area contributed by atoms with E-state index in [0.29, 0.717) is 18.6 Å². The van der Waals surface area contributed by atoms with Gasteiger partial charge in [-0.25, -0.2) is 4.39 Å². The number of carbonyl (C=O) groups is 1. The third-order valence-corrected chi connectivity index (χ3v) is 2.64. The minimum atomic E-state index is -0.575. The van der Waals surface area contributed by atoms with Crippen LogP contribution in [0.5, 0.6) is 0 Å². The zero-order valence-electron chi connectivity index (χ0n) is 12.5. The van der Waals surface area contributed by atoms with Gasteiger partial charge < -0.3 is 15.2 Å². The molecule has 21 heavy (non-hydrogen) atoms. The van der Waals surface area contributed by atoms with E-state index < -0.39 is 17.3 Å². The molecule has 1 rings (SSSR count). The molecule has 0 heterocycles. The summed E-state index contributed by atoms with van der Waals surface area (Å²) < 4.78 is 18.4. The van der Waals surface area contributed by atoms with Crippen molar-refractivity contribution in [1.29, 1.82) is 0 Å². The molecule has 2 N–H and O–H groups in total. The van der Waals surface area contributed by atoms with Gasteiger partial charge in [0.2, 0.25) is 0 Å². The summed E-state index contributed by atoms with van der Waals surface area (Å²) in [6, 6.07) is 3.86. The van der Waals surface area contributed by atoms with Crippen molar-refractivity contribution in [3.8, 4) is 11.8 Å². The molecule has 0 aliphatic carbocycles. The first-order valence-corrected chi connectivity index (χ1v) is 6.60. The summed E-state index contributed by atoms with van der Waals surface area (Å²) in [5.74, 6) is 4.58. The van der Waals surface area contributed by atoms with Gasteiger partial charge in [0.25, 0.3) is 5.91 Å². The minimum absolute atomic E-state index is 0.0589. The Balaban J connectivity index is 3.03. The molecule has 1 amide bonds. The smallest absolute Gasteiger partial charge is 0.253 e. The van der Waals surface area contributed by atoms with E-state index in [-0.39, 0.29) is 12.2 Å². The second kappa shape index (κ2) is 7.77. The maximum absolute atomic E-state index is 13.4. The van der Waals surface area contributed by atoms with Crippen LogP contribution in [0.3, 0.4) is 0 Å². The number of ether oxygens (including phenoxy) is 1. The number of halogens is 1. The van der Waals surface area contributed by atoms with Crippen molar-refractivity contribution in [2.75, 3.05) is 20.3 Å². The summed E-state index contributed by atoms with van der Waals surface area (Å²) in [5.41, 5.74) is 0.0219. The van der Waals surface area contributed by atoms with E-state index in [4.69, 9.17) is 9.84 Å². The Bertz CT molecular complexity index is 558. The number of hydrogen-bond acceptors (Lipinski definition) is 3. The fourth-order valence-corrected chi connectivity index (χ4v) is 1.80. The van der Waals surface area contributed by atoms with Crippen molar-refractivity contribution in [2.45, 2.75) is 25.8 Å². The van der Waals surface area contributed by atoms with Crippen LogP contribution in [-0.2, 0) is 4.74 Å². The highest BCUT2D eigenvalue weighted by molar-refractivity contribution is 5.97. The van der Waals surface area contributed by atoms with Gasteiger partial charge in [0.05, 0.1) is 24.3 Å². The molecule has 1 aromatic rings. The monoisotopic (exact) mass is 293 g/mol. The number of methoxy groups -OCH3 is 1. The van der Waals surface area contributed by atoms with Crippen molar-refractivity contribution in [2.24, 2.45) is 0 Å². The summed E-state index contributed by atoms with van der Waals surface area (Å²) in [4.78, 5) is 12.3. The van der Waals surface area contributed by atoms with Gasteiger partial charge in [-0.3, -0.25) is 4.79 Å². The Hall–Kier alpha value is -1.90. The summed E-state index contributed by atoms with van der Waals surface area (Å²) in [7, 11) is 1.54. The largest absolute Gasteiger partial charge is 0.395 e. The molecular weight excluding hydrogens is 273 g/mol. The second-order valence-electron chi connectivity index (χ2n) is 5.24. The molecule has 0 bridgehead atoms. The van der Waals surface area contributed by atoms with E-state index in [1.807, 2.05) is 13.8 Å². The van der Waals surface area contributed by atoms with Gasteiger partial charge in [0.15, 0.2) is 0 Å². The Morgan fingerprint density at radius 2 is 2.19 bits per heavy atom. The highest BCUT2D eigenvalue weighted by Gasteiger charge is 2.22. The Morgan fingerprint density at radius 1 is 1.48 bits per heavy atom. The van der Waals surface area contributed by atoms with E-state index in [0.717, 1.165) is 6.07 Å². The van der Waals surface area contributed by atoms with Crippen LogP contribution >= 0.6 is 0 Å². The molecule has 0 aliphatic heterocycles. The lowest BCUT2D eigenvalue weighted by Crippen LogP contribution is -2.47. The summed E-state index contributed by atoms with van der Waals surface area (Å²) >= 11 is 0. The molecule has 5 heteroatoms. The number of aliphatic hydroxyl groups is 1. The molecule has 0 aromatic heterocycles. The first-order valence-electron chi connectivity index (χ1n) is 6.60. The number of amides is 1. The van der Waals surface area contributed by atoms with Crippen molar-refractivity contribution in [3.63, 3.8) is 0 Å². The molecule has 4 nitrogen and oxygen atoms in total. The van der Waals surface area contributed by atoms with Crippen LogP contribution in [0.25, 0.3) is 0 Å². The second-order valence-corrected chi connectivity index (χ2v) is 5.24. The molecule has 0 fully saturated rings. The number of benzene rings is 1. The van der Waals surface area contributed by atoms with Crippen LogP contribution in [0.4, 0.5) is 4.39 Å². The maximum atomic E-state index is 13.4. The van der Waals surface area contributed by atoms with Crippen LogP contribution in [0.15, 0.2) is 18.2 Å². The van der Waals surface area contributed by atoms with Crippen molar-refractivity contribution in [1.82, 2.24) is 5.32 Å². The van der Waals surface area contributed by atoms with Gasteiger partial charge in [0, 0.05) is 19.1 Å². The lowest BCUT2D eigenvalue weighted by atomic mass is 10.0. The summed E-state index contributed by atoms with van der Waals surface area (Å²) in [6.45, 7) is 3.89. The zero-order valence-corrected chi connectivity index (χ0v) is 12.5. The first kappa shape index (κ1) is 17.2. The highest BCUT2D eigenvalue weighted by atomic mass is 19.1. The lowest BCUT2D eigenvalue weighted by Gasteiger charge is -2.25. The summed E-state index contributed by atoms with van der Waals surface area (Å²) in [6.07, 6.45) is 0.299. The number of aliphatic hydroxyl groups excluding tert-OH is 1.